The average Bonchev–Trinajstić information content (AvgIpc) is 2.21. The van der Waals surface area contributed by atoms with Gasteiger partial charge in [0.25, 0.3) is 0 Å². The van der Waals surface area contributed by atoms with Gasteiger partial charge in [-0.3, -0.25) is 4.79 Å². The molecule has 15 heavy (non-hydrogen) atoms. The number of para-hydroxylation sites is 1. The molecule has 0 fully saturated rings. The molecule has 3 N–H and O–H groups in total. The molecule has 0 aliphatic carbocycles. The lowest BCUT2D eigenvalue weighted by Crippen LogP contribution is -2.35. The van der Waals surface area contributed by atoms with Gasteiger partial charge in [0, 0.05) is 0 Å². The average molecular weight is 227 g/mol. The van der Waals surface area contributed by atoms with E-state index in [1.807, 2.05) is 19.1 Å². The smallest absolute Gasteiger partial charge is 0.241 e. The zero-order chi connectivity index (χ0) is 11.3. The van der Waals surface area contributed by atoms with Crippen molar-refractivity contribution in [2.45, 2.75) is 25.8 Å². The number of anilines is 1. The lowest BCUT2D eigenvalue weighted by molar-refractivity contribution is -0.117. The summed E-state index contributed by atoms with van der Waals surface area (Å²) in [7, 11) is 0. The Kier molecular flexibility index (Phi) is 4.59. The van der Waals surface area contributed by atoms with Gasteiger partial charge in [0.05, 0.1) is 16.8 Å². The zero-order valence-corrected chi connectivity index (χ0v) is 9.42. The van der Waals surface area contributed by atoms with Crippen molar-refractivity contribution in [1.82, 2.24) is 0 Å². The van der Waals surface area contributed by atoms with Crippen LogP contribution >= 0.6 is 11.6 Å². The van der Waals surface area contributed by atoms with Gasteiger partial charge in [-0.25, -0.2) is 0 Å². The third kappa shape index (κ3) is 3.53. The number of nitrogens with one attached hydrogen (secondary N) is 1. The number of nitrogens with two attached hydrogens (primary N) is 1. The highest BCUT2D eigenvalue weighted by atomic mass is 35.5. The van der Waals surface area contributed by atoms with Gasteiger partial charge in [0.1, 0.15) is 0 Å². The minimum absolute atomic E-state index is 0.190. The first kappa shape index (κ1) is 12.0. The van der Waals surface area contributed by atoms with Gasteiger partial charge >= 0.3 is 0 Å². The number of rotatable bonds is 4. The molecule has 0 heterocycles. The number of carbonyl (C=O) groups excluding carboxylic acids is 1. The Morgan fingerprint density at radius 1 is 1.53 bits per heavy atom. The third-order valence-corrected chi connectivity index (χ3v) is 2.40. The second-order valence-corrected chi connectivity index (χ2v) is 3.77. The van der Waals surface area contributed by atoms with Crippen LogP contribution in [0.5, 0.6) is 0 Å². The van der Waals surface area contributed by atoms with E-state index < -0.39 is 6.04 Å². The number of halogens is 1. The van der Waals surface area contributed by atoms with Crippen LogP contribution in [0.3, 0.4) is 0 Å². The molecule has 0 saturated heterocycles. The summed E-state index contributed by atoms with van der Waals surface area (Å²) >= 11 is 5.89. The molecule has 1 amide bonds. The maximum atomic E-state index is 11.6. The summed E-state index contributed by atoms with van der Waals surface area (Å²) in [6, 6.07) is 6.63. The summed E-state index contributed by atoms with van der Waals surface area (Å²) < 4.78 is 0. The standard InChI is InChI=1S/C11H15ClN2O/c1-2-5-9(13)11(15)14-10-7-4-3-6-8(10)12/h3-4,6-7,9H,2,5,13H2,1H3,(H,14,15). The Morgan fingerprint density at radius 2 is 2.20 bits per heavy atom. The van der Waals surface area contributed by atoms with Crippen LogP contribution in [0.2, 0.25) is 5.02 Å². The molecule has 1 rings (SSSR count). The van der Waals surface area contributed by atoms with E-state index in [4.69, 9.17) is 17.3 Å². The second-order valence-electron chi connectivity index (χ2n) is 3.36. The van der Waals surface area contributed by atoms with E-state index in [0.29, 0.717) is 17.1 Å². The van der Waals surface area contributed by atoms with E-state index >= 15 is 0 Å². The van der Waals surface area contributed by atoms with Crippen molar-refractivity contribution in [3.8, 4) is 0 Å². The van der Waals surface area contributed by atoms with Gasteiger partial charge in [-0.05, 0) is 18.6 Å². The lowest BCUT2D eigenvalue weighted by atomic mass is 10.1. The minimum Gasteiger partial charge on any atom is -0.323 e. The zero-order valence-electron chi connectivity index (χ0n) is 8.66. The molecule has 0 aromatic heterocycles. The molecule has 0 aliphatic heterocycles. The quantitative estimate of drug-likeness (QED) is 0.829. The highest BCUT2D eigenvalue weighted by Gasteiger charge is 2.13. The van der Waals surface area contributed by atoms with Crippen LogP contribution in [-0.2, 0) is 4.79 Å². The number of benzene rings is 1. The Hall–Kier alpha value is -1.06. The molecule has 82 valence electrons. The summed E-state index contributed by atoms with van der Waals surface area (Å²) in [5, 5.41) is 3.22. The van der Waals surface area contributed by atoms with E-state index in [1.54, 1.807) is 12.1 Å². The van der Waals surface area contributed by atoms with Gasteiger partial charge in [-0.2, -0.15) is 0 Å². The Balaban J connectivity index is 2.62. The van der Waals surface area contributed by atoms with Crippen molar-refractivity contribution in [2.24, 2.45) is 5.73 Å². The van der Waals surface area contributed by atoms with Crippen LogP contribution < -0.4 is 11.1 Å². The van der Waals surface area contributed by atoms with E-state index in [0.717, 1.165) is 6.42 Å². The molecule has 3 nitrogen and oxygen atoms in total. The summed E-state index contributed by atoms with van der Waals surface area (Å²) in [4.78, 5) is 11.6. The summed E-state index contributed by atoms with van der Waals surface area (Å²) in [5.41, 5.74) is 6.28. The van der Waals surface area contributed by atoms with Gasteiger partial charge in [0.15, 0.2) is 0 Å². The van der Waals surface area contributed by atoms with Crippen LogP contribution in [0, 0.1) is 0 Å². The molecule has 1 unspecified atom stereocenters. The fourth-order valence-corrected chi connectivity index (χ4v) is 1.41. The lowest BCUT2D eigenvalue weighted by Gasteiger charge is -2.11. The molecule has 0 spiro atoms. The fraction of sp³-hybridized carbons (Fsp3) is 0.364. The summed E-state index contributed by atoms with van der Waals surface area (Å²) in [6.07, 6.45) is 1.56. The van der Waals surface area contributed by atoms with E-state index in [-0.39, 0.29) is 5.91 Å². The first-order valence-electron chi connectivity index (χ1n) is 4.96. The first-order valence-corrected chi connectivity index (χ1v) is 5.34. The molecule has 1 aromatic carbocycles. The van der Waals surface area contributed by atoms with Gasteiger partial charge in [-0.1, -0.05) is 37.1 Å². The molecule has 0 saturated carbocycles. The predicted molar refractivity (Wildman–Crippen MR) is 63.0 cm³/mol. The Bertz CT molecular complexity index is 341. The van der Waals surface area contributed by atoms with Crippen molar-refractivity contribution in [2.75, 3.05) is 5.32 Å². The molecular weight excluding hydrogens is 212 g/mol. The van der Waals surface area contributed by atoms with Crippen LogP contribution in [0.15, 0.2) is 24.3 Å². The normalized spacial score (nSPS) is 12.2. The number of carbonyl (C=O) groups is 1. The van der Waals surface area contributed by atoms with Gasteiger partial charge < -0.3 is 11.1 Å². The largest absolute Gasteiger partial charge is 0.323 e. The minimum atomic E-state index is -0.466. The molecule has 4 heteroatoms. The van der Waals surface area contributed by atoms with E-state index in [9.17, 15) is 4.79 Å². The fourth-order valence-electron chi connectivity index (χ4n) is 1.23. The monoisotopic (exact) mass is 226 g/mol. The molecule has 0 bridgehead atoms. The maximum Gasteiger partial charge on any atom is 0.241 e. The van der Waals surface area contributed by atoms with Crippen LogP contribution in [-0.4, -0.2) is 11.9 Å². The predicted octanol–water partition coefficient (Wildman–Crippen LogP) is 2.41. The van der Waals surface area contributed by atoms with Gasteiger partial charge in [0.2, 0.25) is 5.91 Å². The molecule has 1 atom stereocenters. The third-order valence-electron chi connectivity index (χ3n) is 2.07. The van der Waals surface area contributed by atoms with E-state index in [2.05, 4.69) is 5.32 Å². The van der Waals surface area contributed by atoms with Crippen molar-refractivity contribution in [3.63, 3.8) is 0 Å². The Morgan fingerprint density at radius 3 is 2.80 bits per heavy atom. The summed E-state index contributed by atoms with van der Waals surface area (Å²) in [6.45, 7) is 1.99. The molecular formula is C11H15ClN2O. The van der Waals surface area contributed by atoms with Crippen LogP contribution in [0.4, 0.5) is 5.69 Å². The van der Waals surface area contributed by atoms with Crippen molar-refractivity contribution >= 4 is 23.2 Å². The summed E-state index contributed by atoms with van der Waals surface area (Å²) in [5.74, 6) is -0.190. The highest BCUT2D eigenvalue weighted by Crippen LogP contribution is 2.20. The first-order chi connectivity index (χ1) is 7.15. The Labute approximate surface area is 94.6 Å². The highest BCUT2D eigenvalue weighted by molar-refractivity contribution is 6.33. The van der Waals surface area contributed by atoms with Crippen molar-refractivity contribution < 1.29 is 4.79 Å². The van der Waals surface area contributed by atoms with Crippen molar-refractivity contribution in [3.05, 3.63) is 29.3 Å². The molecule has 0 aliphatic rings. The van der Waals surface area contributed by atoms with Crippen LogP contribution in [0.25, 0.3) is 0 Å². The second kappa shape index (κ2) is 5.73. The maximum absolute atomic E-state index is 11.6. The SMILES string of the molecule is CCCC(N)C(=O)Nc1ccccc1Cl. The molecule has 1 aromatic rings. The number of amides is 1. The van der Waals surface area contributed by atoms with Crippen LogP contribution in [0.1, 0.15) is 19.8 Å². The molecule has 0 radical (unpaired) electrons. The number of hydrogen-bond acceptors (Lipinski definition) is 2. The van der Waals surface area contributed by atoms with Gasteiger partial charge in [-0.15, -0.1) is 0 Å². The topological polar surface area (TPSA) is 55.1 Å². The van der Waals surface area contributed by atoms with Crippen molar-refractivity contribution in [1.29, 1.82) is 0 Å². The number of hydrogen-bond donors (Lipinski definition) is 2. The van der Waals surface area contributed by atoms with E-state index in [1.165, 1.54) is 0 Å².